The number of pyridine rings is 1. The number of esters is 1. The second-order valence-corrected chi connectivity index (χ2v) is 8.95. The molecule has 8 heteroatoms. The van der Waals surface area contributed by atoms with Crippen LogP contribution in [0.5, 0.6) is 23.0 Å². The van der Waals surface area contributed by atoms with Crippen LogP contribution in [0.2, 0.25) is 0 Å². The van der Waals surface area contributed by atoms with Crippen molar-refractivity contribution in [2.24, 2.45) is 0 Å². The van der Waals surface area contributed by atoms with Crippen LogP contribution in [0.4, 0.5) is 0 Å². The van der Waals surface area contributed by atoms with Crippen molar-refractivity contribution in [3.63, 3.8) is 0 Å². The van der Waals surface area contributed by atoms with Crippen molar-refractivity contribution in [2.45, 2.75) is 32.7 Å². The Morgan fingerprint density at radius 1 is 0.972 bits per heavy atom. The van der Waals surface area contributed by atoms with E-state index in [-0.39, 0.29) is 6.61 Å². The van der Waals surface area contributed by atoms with Crippen molar-refractivity contribution < 1.29 is 28.5 Å². The number of hydrogen-bond donors (Lipinski definition) is 0. The summed E-state index contributed by atoms with van der Waals surface area (Å²) >= 11 is 0. The largest absolute Gasteiger partial charge is 0.493 e. The molecule has 1 saturated heterocycles. The van der Waals surface area contributed by atoms with Crippen molar-refractivity contribution >= 4 is 16.9 Å². The Bertz CT molecular complexity index is 1270. The average molecular weight is 493 g/mol. The van der Waals surface area contributed by atoms with Gasteiger partial charge in [0.15, 0.2) is 23.0 Å². The van der Waals surface area contributed by atoms with Gasteiger partial charge in [-0.25, -0.2) is 4.79 Å². The summed E-state index contributed by atoms with van der Waals surface area (Å²) in [5.41, 5.74) is 3.45. The minimum absolute atomic E-state index is 0.270. The standard InChI is InChI=1S/C28H32N2O6/c1-4-34-28(31)27-21(17-30-10-6-5-7-11-30)29-20-16-25-24(35-12-13-36-25)15-19(20)26(27)18-8-9-22(32-2)23(14-18)33-3/h8-9,14-16H,4-7,10-13,17H2,1-3H3. The van der Waals surface area contributed by atoms with E-state index in [1.807, 2.05) is 37.3 Å². The minimum atomic E-state index is -0.390. The van der Waals surface area contributed by atoms with Crippen LogP contribution in [0.3, 0.4) is 0 Å². The molecule has 8 nitrogen and oxygen atoms in total. The van der Waals surface area contributed by atoms with Crippen LogP contribution in [-0.4, -0.2) is 63.0 Å². The monoisotopic (exact) mass is 492 g/mol. The quantitative estimate of drug-likeness (QED) is 0.433. The normalized spacial score (nSPS) is 15.5. The summed E-state index contributed by atoms with van der Waals surface area (Å²) in [5, 5.41) is 0.789. The van der Waals surface area contributed by atoms with Crippen LogP contribution in [0.25, 0.3) is 22.0 Å². The molecule has 2 aromatic carbocycles. The molecule has 0 unspecified atom stereocenters. The Balaban J connectivity index is 1.79. The number of nitrogens with zero attached hydrogens (tertiary/aromatic N) is 2. The molecule has 2 aliphatic rings. The average Bonchev–Trinajstić information content (AvgIpc) is 2.91. The molecule has 0 radical (unpaired) electrons. The van der Waals surface area contributed by atoms with Gasteiger partial charge in [-0.15, -0.1) is 0 Å². The van der Waals surface area contributed by atoms with Crippen LogP contribution in [-0.2, 0) is 11.3 Å². The third-order valence-electron chi connectivity index (χ3n) is 6.70. The molecule has 0 spiro atoms. The Morgan fingerprint density at radius 2 is 1.69 bits per heavy atom. The predicted octanol–water partition coefficient (Wildman–Crippen LogP) is 4.85. The minimum Gasteiger partial charge on any atom is -0.493 e. The van der Waals surface area contributed by atoms with Gasteiger partial charge in [0.2, 0.25) is 0 Å². The van der Waals surface area contributed by atoms with Crippen molar-refractivity contribution in [1.82, 2.24) is 9.88 Å². The number of fused-ring (bicyclic) bond motifs is 2. The second kappa shape index (κ2) is 10.6. The zero-order chi connectivity index (χ0) is 25.1. The zero-order valence-electron chi connectivity index (χ0n) is 21.1. The fraction of sp³-hybridized carbons (Fsp3) is 0.429. The summed E-state index contributed by atoms with van der Waals surface area (Å²) in [6.45, 7) is 5.57. The number of ether oxygens (including phenoxy) is 5. The zero-order valence-corrected chi connectivity index (χ0v) is 21.1. The van der Waals surface area contributed by atoms with Gasteiger partial charge in [0, 0.05) is 23.6 Å². The number of carbonyl (C=O) groups is 1. The topological polar surface area (TPSA) is 79.4 Å². The molecule has 0 atom stereocenters. The first kappa shape index (κ1) is 24.2. The van der Waals surface area contributed by atoms with Crippen molar-refractivity contribution in [1.29, 1.82) is 0 Å². The first-order chi connectivity index (χ1) is 17.6. The van der Waals surface area contributed by atoms with E-state index in [1.165, 1.54) is 6.42 Å². The molecular weight excluding hydrogens is 460 g/mol. The molecule has 1 fully saturated rings. The molecule has 5 rings (SSSR count). The highest BCUT2D eigenvalue weighted by atomic mass is 16.6. The molecule has 3 heterocycles. The summed E-state index contributed by atoms with van der Waals surface area (Å²) in [6, 6.07) is 9.48. The molecule has 36 heavy (non-hydrogen) atoms. The Kier molecular flexibility index (Phi) is 7.13. The lowest BCUT2D eigenvalue weighted by Crippen LogP contribution is -2.30. The molecule has 190 valence electrons. The SMILES string of the molecule is CCOC(=O)c1c(CN2CCCCC2)nc2cc3c(cc2c1-c1ccc(OC)c(OC)c1)OCCO3. The van der Waals surface area contributed by atoms with Crippen molar-refractivity contribution in [3.05, 3.63) is 41.6 Å². The van der Waals surface area contributed by atoms with Gasteiger partial charge in [-0.3, -0.25) is 9.88 Å². The summed E-state index contributed by atoms with van der Waals surface area (Å²) in [6.07, 6.45) is 3.51. The van der Waals surface area contributed by atoms with E-state index in [0.29, 0.717) is 54.0 Å². The number of hydrogen-bond acceptors (Lipinski definition) is 8. The maximum absolute atomic E-state index is 13.5. The van der Waals surface area contributed by atoms with Crippen LogP contribution in [0.15, 0.2) is 30.3 Å². The van der Waals surface area contributed by atoms with Gasteiger partial charge in [0.05, 0.1) is 37.6 Å². The summed E-state index contributed by atoms with van der Waals surface area (Å²) in [4.78, 5) is 20.9. The number of aromatic nitrogens is 1. The first-order valence-corrected chi connectivity index (χ1v) is 12.5. The second-order valence-electron chi connectivity index (χ2n) is 8.95. The Labute approximate surface area is 211 Å². The molecular formula is C28H32N2O6. The van der Waals surface area contributed by atoms with Gasteiger partial charge in [0.25, 0.3) is 0 Å². The van der Waals surface area contributed by atoms with Crippen molar-refractivity contribution in [2.75, 3.05) is 47.1 Å². The Hall–Kier alpha value is -3.52. The number of likely N-dealkylation sites (tertiary alicyclic amines) is 1. The smallest absolute Gasteiger partial charge is 0.340 e. The van der Waals surface area contributed by atoms with Crippen LogP contribution in [0, 0.1) is 0 Å². The summed E-state index contributed by atoms with van der Waals surface area (Å²) in [7, 11) is 3.20. The number of benzene rings is 2. The molecule has 2 aliphatic heterocycles. The van der Waals surface area contributed by atoms with Gasteiger partial charge >= 0.3 is 5.97 Å². The third kappa shape index (κ3) is 4.65. The molecule has 1 aromatic heterocycles. The van der Waals surface area contributed by atoms with Gasteiger partial charge < -0.3 is 23.7 Å². The summed E-state index contributed by atoms with van der Waals surface area (Å²) < 4.78 is 28.3. The van der Waals surface area contributed by atoms with Gasteiger partial charge in [-0.05, 0) is 56.6 Å². The maximum atomic E-state index is 13.5. The highest BCUT2D eigenvalue weighted by molar-refractivity contribution is 6.08. The van der Waals surface area contributed by atoms with Gasteiger partial charge in [0.1, 0.15) is 13.2 Å². The van der Waals surface area contributed by atoms with E-state index >= 15 is 0 Å². The van der Waals surface area contributed by atoms with E-state index in [0.717, 1.165) is 48.0 Å². The molecule has 0 bridgehead atoms. The van der Waals surface area contributed by atoms with E-state index in [4.69, 9.17) is 28.7 Å². The highest BCUT2D eigenvalue weighted by Gasteiger charge is 2.27. The van der Waals surface area contributed by atoms with E-state index in [9.17, 15) is 4.79 Å². The summed E-state index contributed by atoms with van der Waals surface area (Å²) in [5.74, 6) is 2.09. The van der Waals surface area contributed by atoms with E-state index in [1.54, 1.807) is 14.2 Å². The predicted molar refractivity (Wildman–Crippen MR) is 136 cm³/mol. The molecule has 0 aliphatic carbocycles. The maximum Gasteiger partial charge on any atom is 0.340 e. The molecule has 0 N–H and O–H groups in total. The molecule has 0 saturated carbocycles. The van der Waals surface area contributed by atoms with Crippen LogP contribution < -0.4 is 18.9 Å². The Morgan fingerprint density at radius 3 is 2.39 bits per heavy atom. The fourth-order valence-corrected chi connectivity index (χ4v) is 5.01. The lowest BCUT2D eigenvalue weighted by atomic mass is 9.93. The fourth-order valence-electron chi connectivity index (χ4n) is 5.01. The third-order valence-corrected chi connectivity index (χ3v) is 6.70. The lowest BCUT2D eigenvalue weighted by molar-refractivity contribution is 0.0524. The number of piperidine rings is 1. The number of methoxy groups -OCH3 is 2. The first-order valence-electron chi connectivity index (χ1n) is 12.5. The van der Waals surface area contributed by atoms with Crippen LogP contribution in [0.1, 0.15) is 42.2 Å². The van der Waals surface area contributed by atoms with E-state index < -0.39 is 5.97 Å². The number of carbonyl (C=O) groups excluding carboxylic acids is 1. The van der Waals surface area contributed by atoms with Gasteiger partial charge in [-0.1, -0.05) is 12.5 Å². The van der Waals surface area contributed by atoms with E-state index in [2.05, 4.69) is 4.90 Å². The highest BCUT2D eigenvalue weighted by Crippen LogP contribution is 2.42. The van der Waals surface area contributed by atoms with Crippen LogP contribution >= 0.6 is 0 Å². The van der Waals surface area contributed by atoms with Gasteiger partial charge in [-0.2, -0.15) is 0 Å². The molecule has 0 amide bonds. The van der Waals surface area contributed by atoms with Crippen molar-refractivity contribution in [3.8, 4) is 34.1 Å². The lowest BCUT2D eigenvalue weighted by Gasteiger charge is -2.28. The molecule has 3 aromatic rings. The number of rotatable bonds is 7.